The number of hydrogen-bond donors (Lipinski definition) is 0. The van der Waals surface area contributed by atoms with Crippen molar-refractivity contribution in [3.8, 4) is 16.9 Å². The Bertz CT molecular complexity index is 995. The highest BCUT2D eigenvalue weighted by molar-refractivity contribution is 6.31. The van der Waals surface area contributed by atoms with Gasteiger partial charge >= 0.3 is 6.01 Å². The van der Waals surface area contributed by atoms with Gasteiger partial charge in [-0.3, -0.25) is 4.79 Å². The molecular formula is C19H17ClN2O4. The first kappa shape index (κ1) is 16.9. The summed E-state index contributed by atoms with van der Waals surface area (Å²) < 4.78 is 16.6. The average molecular weight is 373 g/mol. The number of rotatable bonds is 3. The van der Waals surface area contributed by atoms with Crippen molar-refractivity contribution in [2.75, 3.05) is 38.3 Å². The van der Waals surface area contributed by atoms with Gasteiger partial charge in [-0.05, 0) is 29.8 Å². The van der Waals surface area contributed by atoms with Crippen molar-refractivity contribution in [3.63, 3.8) is 0 Å². The molecule has 1 aliphatic heterocycles. The second-order valence-electron chi connectivity index (χ2n) is 5.96. The van der Waals surface area contributed by atoms with Gasteiger partial charge in [0.1, 0.15) is 5.75 Å². The van der Waals surface area contributed by atoms with Crippen LogP contribution >= 0.6 is 11.6 Å². The standard InChI is InChI=1S/C19H17ClN2O4/c1-24-14-4-2-12(3-5-14)15-10-13(20)11-16-17(15)26-19(21-18(16)23)22-6-8-25-9-7-22/h2-5,10-11H,6-9H2,1H3. The van der Waals surface area contributed by atoms with Crippen molar-refractivity contribution in [2.24, 2.45) is 0 Å². The quantitative estimate of drug-likeness (QED) is 0.702. The highest BCUT2D eigenvalue weighted by atomic mass is 35.5. The zero-order chi connectivity index (χ0) is 18.1. The summed E-state index contributed by atoms with van der Waals surface area (Å²) in [5, 5.41) is 0.817. The molecule has 2 heterocycles. The fourth-order valence-electron chi connectivity index (χ4n) is 3.00. The number of fused-ring (bicyclic) bond motifs is 1. The average Bonchev–Trinajstić information content (AvgIpc) is 2.68. The molecule has 2 aromatic carbocycles. The van der Waals surface area contributed by atoms with Gasteiger partial charge in [0.15, 0.2) is 5.58 Å². The van der Waals surface area contributed by atoms with Crippen LogP contribution in [0.4, 0.5) is 6.01 Å². The van der Waals surface area contributed by atoms with Gasteiger partial charge in [0.2, 0.25) is 0 Å². The van der Waals surface area contributed by atoms with Crippen LogP contribution in [0.2, 0.25) is 5.02 Å². The molecule has 26 heavy (non-hydrogen) atoms. The van der Waals surface area contributed by atoms with E-state index in [9.17, 15) is 4.79 Å². The fraction of sp³-hybridized carbons (Fsp3) is 0.263. The Labute approximate surface area is 154 Å². The Kier molecular flexibility index (Phi) is 4.53. The lowest BCUT2D eigenvalue weighted by atomic mass is 10.0. The van der Waals surface area contributed by atoms with Crippen molar-refractivity contribution in [1.29, 1.82) is 0 Å². The van der Waals surface area contributed by atoms with Crippen LogP contribution in [0, 0.1) is 0 Å². The number of morpholine rings is 1. The molecule has 0 amide bonds. The summed E-state index contributed by atoms with van der Waals surface area (Å²) in [4.78, 5) is 18.6. The van der Waals surface area contributed by atoms with Crippen molar-refractivity contribution >= 4 is 28.6 Å². The van der Waals surface area contributed by atoms with Gasteiger partial charge in [0.25, 0.3) is 5.56 Å². The normalized spacial score (nSPS) is 14.6. The van der Waals surface area contributed by atoms with Gasteiger partial charge in [0.05, 0.1) is 25.7 Å². The minimum absolute atomic E-state index is 0.308. The molecule has 0 N–H and O–H groups in total. The molecule has 0 unspecified atom stereocenters. The number of ether oxygens (including phenoxy) is 2. The molecule has 0 spiro atoms. The molecule has 1 aliphatic rings. The molecule has 0 radical (unpaired) electrons. The number of halogens is 1. The zero-order valence-corrected chi connectivity index (χ0v) is 15.0. The number of anilines is 1. The van der Waals surface area contributed by atoms with E-state index in [-0.39, 0.29) is 5.56 Å². The van der Waals surface area contributed by atoms with E-state index in [1.165, 1.54) is 0 Å². The Morgan fingerprint density at radius 3 is 2.58 bits per heavy atom. The van der Waals surface area contributed by atoms with Gasteiger partial charge in [0, 0.05) is 23.7 Å². The molecule has 1 aromatic heterocycles. The fourth-order valence-corrected chi connectivity index (χ4v) is 3.22. The minimum atomic E-state index is -0.356. The Hall–Kier alpha value is -2.57. The summed E-state index contributed by atoms with van der Waals surface area (Å²) in [7, 11) is 1.61. The third-order valence-electron chi connectivity index (χ3n) is 4.36. The Morgan fingerprint density at radius 2 is 1.88 bits per heavy atom. The van der Waals surface area contributed by atoms with Crippen LogP contribution in [0.1, 0.15) is 0 Å². The molecule has 6 nitrogen and oxygen atoms in total. The van der Waals surface area contributed by atoms with E-state index in [4.69, 9.17) is 25.5 Å². The van der Waals surface area contributed by atoms with Gasteiger partial charge in [-0.15, -0.1) is 0 Å². The molecule has 0 atom stereocenters. The number of nitrogens with zero attached hydrogens (tertiary/aromatic N) is 2. The predicted molar refractivity (Wildman–Crippen MR) is 100 cm³/mol. The van der Waals surface area contributed by atoms with Crippen LogP contribution in [0.15, 0.2) is 45.6 Å². The Morgan fingerprint density at radius 1 is 1.15 bits per heavy atom. The minimum Gasteiger partial charge on any atom is -0.497 e. The smallest absolute Gasteiger partial charge is 0.301 e. The topological polar surface area (TPSA) is 64.8 Å². The van der Waals surface area contributed by atoms with E-state index in [1.807, 2.05) is 29.2 Å². The molecule has 0 saturated carbocycles. The van der Waals surface area contributed by atoms with Crippen LogP contribution in [0.3, 0.4) is 0 Å². The largest absolute Gasteiger partial charge is 0.497 e. The SMILES string of the molecule is COc1ccc(-c2cc(Cl)cc3c(=O)nc(N4CCOCC4)oc23)cc1. The first-order chi connectivity index (χ1) is 12.7. The molecule has 0 bridgehead atoms. The maximum atomic E-state index is 12.6. The maximum absolute atomic E-state index is 12.6. The van der Waals surface area contributed by atoms with Crippen molar-refractivity contribution in [3.05, 3.63) is 51.8 Å². The molecule has 4 rings (SSSR count). The van der Waals surface area contributed by atoms with Crippen molar-refractivity contribution in [1.82, 2.24) is 4.98 Å². The van der Waals surface area contributed by atoms with Crippen LogP contribution in [0.25, 0.3) is 22.1 Å². The zero-order valence-electron chi connectivity index (χ0n) is 14.2. The lowest BCUT2D eigenvalue weighted by Gasteiger charge is -2.26. The molecule has 3 aromatic rings. The lowest BCUT2D eigenvalue weighted by molar-refractivity contribution is 0.120. The highest BCUT2D eigenvalue weighted by Crippen LogP contribution is 2.33. The van der Waals surface area contributed by atoms with E-state index in [2.05, 4.69) is 4.98 Å². The maximum Gasteiger partial charge on any atom is 0.301 e. The van der Waals surface area contributed by atoms with E-state index in [0.717, 1.165) is 16.9 Å². The van der Waals surface area contributed by atoms with E-state index in [1.54, 1.807) is 19.2 Å². The summed E-state index contributed by atoms with van der Waals surface area (Å²) >= 11 is 6.23. The van der Waals surface area contributed by atoms with Gasteiger partial charge in [-0.25, -0.2) is 0 Å². The summed E-state index contributed by atoms with van der Waals surface area (Å²) in [6.07, 6.45) is 0. The first-order valence-corrected chi connectivity index (χ1v) is 8.65. The Balaban J connectivity index is 1.90. The van der Waals surface area contributed by atoms with E-state index in [0.29, 0.717) is 48.3 Å². The van der Waals surface area contributed by atoms with Crippen LogP contribution in [0.5, 0.6) is 5.75 Å². The number of hydrogen-bond acceptors (Lipinski definition) is 6. The number of methoxy groups -OCH3 is 1. The van der Waals surface area contributed by atoms with Crippen LogP contribution < -0.4 is 15.2 Å². The van der Waals surface area contributed by atoms with Crippen molar-refractivity contribution < 1.29 is 13.9 Å². The highest BCUT2D eigenvalue weighted by Gasteiger charge is 2.19. The molecule has 7 heteroatoms. The monoisotopic (exact) mass is 372 g/mol. The second-order valence-corrected chi connectivity index (χ2v) is 6.40. The summed E-state index contributed by atoms with van der Waals surface area (Å²) in [5.41, 5.74) is 1.73. The molecule has 1 fully saturated rings. The second kappa shape index (κ2) is 6.97. The lowest BCUT2D eigenvalue weighted by Crippen LogP contribution is -2.37. The van der Waals surface area contributed by atoms with Crippen molar-refractivity contribution in [2.45, 2.75) is 0 Å². The van der Waals surface area contributed by atoms with Gasteiger partial charge in [-0.2, -0.15) is 4.98 Å². The molecule has 134 valence electrons. The van der Waals surface area contributed by atoms with E-state index < -0.39 is 0 Å². The summed E-state index contributed by atoms with van der Waals surface area (Å²) in [6.45, 7) is 2.42. The van der Waals surface area contributed by atoms with Gasteiger partial charge < -0.3 is 18.8 Å². The first-order valence-electron chi connectivity index (χ1n) is 8.27. The van der Waals surface area contributed by atoms with Gasteiger partial charge in [-0.1, -0.05) is 23.7 Å². The summed E-state index contributed by atoms with van der Waals surface area (Å²) in [5.74, 6) is 0.747. The molecule has 0 aliphatic carbocycles. The van der Waals surface area contributed by atoms with Crippen LogP contribution in [-0.4, -0.2) is 38.4 Å². The predicted octanol–water partition coefficient (Wildman–Crippen LogP) is 3.35. The number of benzene rings is 2. The summed E-state index contributed by atoms with van der Waals surface area (Å²) in [6, 6.07) is 11.2. The van der Waals surface area contributed by atoms with E-state index >= 15 is 0 Å². The molecular weight excluding hydrogens is 356 g/mol. The number of aromatic nitrogens is 1. The third kappa shape index (κ3) is 3.13. The molecule has 1 saturated heterocycles. The third-order valence-corrected chi connectivity index (χ3v) is 4.58. The van der Waals surface area contributed by atoms with Crippen LogP contribution in [-0.2, 0) is 4.74 Å².